The first-order valence-corrected chi connectivity index (χ1v) is 15.1. The van der Waals surface area contributed by atoms with Gasteiger partial charge in [-0.25, -0.2) is 8.42 Å². The van der Waals surface area contributed by atoms with Gasteiger partial charge in [-0.15, -0.1) is 0 Å². The number of carbonyl (C=O) groups is 1. The average Bonchev–Trinajstić information content (AvgIpc) is 2.92. The number of anilines is 1. The van der Waals surface area contributed by atoms with Crippen LogP contribution in [0.3, 0.4) is 0 Å². The van der Waals surface area contributed by atoms with Crippen LogP contribution in [-0.4, -0.2) is 75.9 Å². The van der Waals surface area contributed by atoms with Gasteiger partial charge in [-0.2, -0.15) is 4.31 Å². The molecular formula is C29H40N2O7S. The zero-order valence-corrected chi connectivity index (χ0v) is 23.9. The monoisotopic (exact) mass is 560 g/mol. The predicted molar refractivity (Wildman–Crippen MR) is 149 cm³/mol. The summed E-state index contributed by atoms with van der Waals surface area (Å²) < 4.78 is 46.1. The minimum Gasteiger partial charge on any atom is -0.490 e. The van der Waals surface area contributed by atoms with E-state index in [-0.39, 0.29) is 24.0 Å². The highest BCUT2D eigenvalue weighted by Gasteiger charge is 2.38. The molecule has 9 nitrogen and oxygen atoms in total. The normalized spacial score (nSPS) is 20.7. The molecule has 1 saturated heterocycles. The van der Waals surface area contributed by atoms with E-state index in [1.807, 2.05) is 19.1 Å². The molecule has 0 unspecified atom stereocenters. The molecule has 2 aromatic carbocycles. The maximum absolute atomic E-state index is 13.7. The fourth-order valence-corrected chi connectivity index (χ4v) is 6.94. The smallest absolute Gasteiger partial charge is 0.306 e. The molecule has 39 heavy (non-hydrogen) atoms. The lowest BCUT2D eigenvalue weighted by Gasteiger charge is -2.39. The second-order valence-electron chi connectivity index (χ2n) is 10.5. The van der Waals surface area contributed by atoms with Gasteiger partial charge in [-0.05, 0) is 62.4 Å². The number of ether oxygens (including phenoxy) is 3. The maximum atomic E-state index is 13.7. The molecule has 2 aromatic rings. The molecule has 1 fully saturated rings. The molecule has 214 valence electrons. The van der Waals surface area contributed by atoms with Crippen LogP contribution in [0.1, 0.15) is 43.7 Å². The van der Waals surface area contributed by atoms with Gasteiger partial charge in [-0.3, -0.25) is 4.79 Å². The summed E-state index contributed by atoms with van der Waals surface area (Å²) in [6, 6.07) is 12.4. The Kier molecular flexibility index (Phi) is 9.87. The quantitative estimate of drug-likeness (QED) is 0.387. The first-order chi connectivity index (χ1) is 18.7. The van der Waals surface area contributed by atoms with Crippen molar-refractivity contribution in [2.45, 2.75) is 63.2 Å². The molecule has 0 aromatic heterocycles. The van der Waals surface area contributed by atoms with E-state index in [4.69, 9.17) is 14.2 Å². The van der Waals surface area contributed by atoms with Crippen molar-refractivity contribution in [2.24, 2.45) is 5.92 Å². The fraction of sp³-hybridized carbons (Fsp3) is 0.552. The Morgan fingerprint density at radius 2 is 1.95 bits per heavy atom. The van der Waals surface area contributed by atoms with E-state index in [9.17, 15) is 18.3 Å². The van der Waals surface area contributed by atoms with Gasteiger partial charge in [0, 0.05) is 32.8 Å². The third-order valence-electron chi connectivity index (χ3n) is 7.53. The fourth-order valence-electron chi connectivity index (χ4n) is 5.24. The molecule has 2 aliphatic heterocycles. The Balaban J connectivity index is 1.47. The summed E-state index contributed by atoms with van der Waals surface area (Å²) in [7, 11) is -2.11. The number of hydrogen-bond acceptors (Lipinski definition) is 7. The molecule has 0 aliphatic carbocycles. The van der Waals surface area contributed by atoms with Crippen LogP contribution in [0.4, 0.5) is 5.69 Å². The molecule has 0 spiro atoms. The van der Waals surface area contributed by atoms with E-state index in [0.29, 0.717) is 32.7 Å². The molecule has 2 heterocycles. The number of hydrogen-bond donors (Lipinski definition) is 1. The van der Waals surface area contributed by atoms with Crippen molar-refractivity contribution in [3.05, 3.63) is 53.6 Å². The van der Waals surface area contributed by atoms with Crippen LogP contribution in [0.25, 0.3) is 0 Å². The lowest BCUT2D eigenvalue weighted by molar-refractivity contribution is -0.141. The number of methoxy groups -OCH3 is 1. The van der Waals surface area contributed by atoms with Gasteiger partial charge in [0.05, 0.1) is 35.8 Å². The van der Waals surface area contributed by atoms with Crippen molar-refractivity contribution in [1.82, 2.24) is 4.31 Å². The van der Waals surface area contributed by atoms with Gasteiger partial charge < -0.3 is 24.2 Å². The highest BCUT2D eigenvalue weighted by Crippen LogP contribution is 2.34. The molecule has 2 aliphatic rings. The van der Waals surface area contributed by atoms with Crippen molar-refractivity contribution in [2.75, 3.05) is 44.9 Å². The Bertz CT molecular complexity index is 1220. The molecule has 3 atom stereocenters. The number of aryl methyl sites for hydroxylation is 1. The first-order valence-electron chi connectivity index (χ1n) is 13.6. The van der Waals surface area contributed by atoms with Crippen LogP contribution in [0.2, 0.25) is 0 Å². The number of sulfonamides is 1. The zero-order valence-electron chi connectivity index (χ0n) is 23.0. The number of carboxylic acid groups (broad SMARTS) is 1. The van der Waals surface area contributed by atoms with E-state index in [1.165, 1.54) is 4.31 Å². The maximum Gasteiger partial charge on any atom is 0.306 e. The standard InChI is InChI=1S/C29H40N2O7S/c1-21-5-10-26(11-6-21)39(34,35)31-19-25(9-8-24(31)17-22(2)29(32)33)38-20-23-7-12-28-27(18-23)30(14-16-37-28)13-4-15-36-3/h5-7,10-12,18,22,24-25H,4,8-9,13-17,19-20H2,1-3H3,(H,32,33)/t22-,24+,25-/m1/s1. The van der Waals surface area contributed by atoms with Crippen molar-refractivity contribution in [1.29, 1.82) is 0 Å². The van der Waals surface area contributed by atoms with E-state index < -0.39 is 28.0 Å². The van der Waals surface area contributed by atoms with E-state index in [2.05, 4.69) is 11.0 Å². The number of piperidine rings is 1. The number of nitrogens with zero attached hydrogens (tertiary/aromatic N) is 2. The largest absolute Gasteiger partial charge is 0.490 e. The van der Waals surface area contributed by atoms with E-state index >= 15 is 0 Å². The van der Waals surface area contributed by atoms with Crippen molar-refractivity contribution in [3.8, 4) is 5.75 Å². The Hall–Kier alpha value is -2.66. The molecule has 0 bridgehead atoms. The Morgan fingerprint density at radius 3 is 2.67 bits per heavy atom. The molecule has 0 radical (unpaired) electrons. The Morgan fingerprint density at radius 1 is 1.18 bits per heavy atom. The SMILES string of the molecule is COCCCN1CCOc2ccc(CO[C@@H]3CC[C@@H](C[C@@H](C)C(=O)O)N(S(=O)(=O)c4ccc(C)cc4)C3)cc21. The number of aliphatic carboxylic acids is 1. The summed E-state index contributed by atoms with van der Waals surface area (Å²) >= 11 is 0. The van der Waals surface area contributed by atoms with Gasteiger partial charge in [0.2, 0.25) is 10.0 Å². The number of carboxylic acids is 1. The minimum atomic E-state index is -3.82. The summed E-state index contributed by atoms with van der Waals surface area (Å²) in [5, 5.41) is 9.46. The zero-order chi connectivity index (χ0) is 28.0. The number of benzene rings is 2. The van der Waals surface area contributed by atoms with Crippen molar-refractivity contribution >= 4 is 21.7 Å². The van der Waals surface area contributed by atoms with E-state index in [0.717, 1.165) is 42.1 Å². The molecule has 0 amide bonds. The van der Waals surface area contributed by atoms with Crippen LogP contribution in [0.15, 0.2) is 47.4 Å². The van der Waals surface area contributed by atoms with Crippen molar-refractivity contribution in [3.63, 3.8) is 0 Å². The summed E-state index contributed by atoms with van der Waals surface area (Å²) in [4.78, 5) is 14.1. The van der Waals surface area contributed by atoms with Crippen LogP contribution < -0.4 is 9.64 Å². The summed E-state index contributed by atoms with van der Waals surface area (Å²) in [5.74, 6) is -0.715. The molecule has 0 saturated carbocycles. The van der Waals surface area contributed by atoms with E-state index in [1.54, 1.807) is 38.3 Å². The highest BCUT2D eigenvalue weighted by atomic mass is 32.2. The second kappa shape index (κ2) is 13.1. The lowest BCUT2D eigenvalue weighted by Crippen LogP contribution is -2.50. The van der Waals surface area contributed by atoms with Crippen LogP contribution in [0, 0.1) is 12.8 Å². The summed E-state index contributed by atoms with van der Waals surface area (Å²) in [5.41, 5.74) is 3.00. The van der Waals surface area contributed by atoms with Crippen LogP contribution in [0.5, 0.6) is 5.75 Å². The van der Waals surface area contributed by atoms with Gasteiger partial charge >= 0.3 is 5.97 Å². The molecule has 10 heteroatoms. The third kappa shape index (κ3) is 7.30. The minimum absolute atomic E-state index is 0.185. The van der Waals surface area contributed by atoms with Crippen LogP contribution >= 0.6 is 0 Å². The predicted octanol–water partition coefficient (Wildman–Crippen LogP) is 4.08. The van der Waals surface area contributed by atoms with Crippen molar-refractivity contribution < 1.29 is 32.5 Å². The highest BCUT2D eigenvalue weighted by molar-refractivity contribution is 7.89. The van der Waals surface area contributed by atoms with Gasteiger partial charge in [-0.1, -0.05) is 30.7 Å². The number of fused-ring (bicyclic) bond motifs is 1. The topological polar surface area (TPSA) is 106 Å². The number of rotatable bonds is 12. The molecule has 4 rings (SSSR count). The lowest BCUT2D eigenvalue weighted by atomic mass is 9.94. The van der Waals surface area contributed by atoms with Gasteiger partial charge in [0.1, 0.15) is 12.4 Å². The van der Waals surface area contributed by atoms with Gasteiger partial charge in [0.25, 0.3) is 0 Å². The Labute approximate surface area is 231 Å². The van der Waals surface area contributed by atoms with Crippen LogP contribution in [-0.2, 0) is 30.9 Å². The third-order valence-corrected chi connectivity index (χ3v) is 9.47. The summed E-state index contributed by atoms with van der Waals surface area (Å²) in [6.07, 6.45) is 2.08. The first kappa shape index (κ1) is 29.3. The summed E-state index contributed by atoms with van der Waals surface area (Å²) in [6.45, 7) is 7.09. The molecular weight excluding hydrogens is 520 g/mol. The average molecular weight is 561 g/mol. The van der Waals surface area contributed by atoms with Gasteiger partial charge in [0.15, 0.2) is 0 Å². The second-order valence-corrected chi connectivity index (χ2v) is 12.4. The molecule has 1 N–H and O–H groups in total.